The first-order chi connectivity index (χ1) is 9.34. The van der Waals surface area contributed by atoms with Gasteiger partial charge in [-0.25, -0.2) is 0 Å². The zero-order chi connectivity index (χ0) is 13.1. The molecule has 1 aliphatic heterocycles. The van der Waals surface area contributed by atoms with Crippen molar-refractivity contribution < 1.29 is 9.26 Å². The SMILES string of the molecule is Cl.NC1CCCCCCC1c1nc(C2CCCO2)no1. The van der Waals surface area contributed by atoms with E-state index in [0.29, 0.717) is 5.82 Å². The minimum atomic E-state index is 0. The summed E-state index contributed by atoms with van der Waals surface area (Å²) in [5.74, 6) is 1.66. The third kappa shape index (κ3) is 3.51. The van der Waals surface area contributed by atoms with Crippen LogP contribution < -0.4 is 5.73 Å². The molecule has 3 unspecified atom stereocenters. The Bertz CT molecular complexity index is 407. The maximum absolute atomic E-state index is 6.28. The van der Waals surface area contributed by atoms with Crippen molar-refractivity contribution in [3.63, 3.8) is 0 Å². The lowest BCUT2D eigenvalue weighted by atomic mass is 9.87. The van der Waals surface area contributed by atoms with Crippen LogP contribution in [-0.4, -0.2) is 22.8 Å². The average Bonchev–Trinajstić information content (AvgIpc) is 3.04. The van der Waals surface area contributed by atoms with Gasteiger partial charge in [-0.05, 0) is 25.7 Å². The van der Waals surface area contributed by atoms with E-state index in [2.05, 4.69) is 10.1 Å². The molecule has 1 aromatic rings. The molecule has 0 spiro atoms. The molecule has 1 aliphatic carbocycles. The van der Waals surface area contributed by atoms with E-state index in [9.17, 15) is 0 Å². The molecule has 3 atom stereocenters. The molecule has 2 heterocycles. The predicted octanol–water partition coefficient (Wildman–Crippen LogP) is 3.11. The number of aromatic nitrogens is 2. The summed E-state index contributed by atoms with van der Waals surface area (Å²) in [5, 5.41) is 4.10. The van der Waals surface area contributed by atoms with Gasteiger partial charge in [-0.3, -0.25) is 0 Å². The van der Waals surface area contributed by atoms with Crippen molar-refractivity contribution >= 4 is 12.4 Å². The summed E-state index contributed by atoms with van der Waals surface area (Å²) in [6, 6.07) is 0.151. The van der Waals surface area contributed by atoms with Gasteiger partial charge in [0.15, 0.2) is 0 Å². The van der Waals surface area contributed by atoms with Crippen molar-refractivity contribution in [1.82, 2.24) is 10.1 Å². The summed E-state index contributed by atoms with van der Waals surface area (Å²) >= 11 is 0. The molecule has 0 radical (unpaired) electrons. The van der Waals surface area contributed by atoms with Crippen LogP contribution in [-0.2, 0) is 4.74 Å². The lowest BCUT2D eigenvalue weighted by molar-refractivity contribution is 0.103. The third-order valence-electron chi connectivity index (χ3n) is 4.31. The molecule has 2 N–H and O–H groups in total. The van der Waals surface area contributed by atoms with E-state index in [1.54, 1.807) is 0 Å². The van der Waals surface area contributed by atoms with Crippen LogP contribution in [0.3, 0.4) is 0 Å². The summed E-state index contributed by atoms with van der Waals surface area (Å²) in [5.41, 5.74) is 6.28. The first kappa shape index (κ1) is 15.7. The Balaban J connectivity index is 0.00000147. The van der Waals surface area contributed by atoms with E-state index in [4.69, 9.17) is 15.0 Å². The van der Waals surface area contributed by atoms with Crippen LogP contribution in [0, 0.1) is 0 Å². The molecule has 6 heteroatoms. The van der Waals surface area contributed by atoms with E-state index in [0.717, 1.165) is 38.2 Å². The Morgan fingerprint density at radius 1 is 1.00 bits per heavy atom. The van der Waals surface area contributed by atoms with Crippen molar-refractivity contribution in [2.24, 2.45) is 5.73 Å². The number of hydrogen-bond acceptors (Lipinski definition) is 5. The van der Waals surface area contributed by atoms with Crippen molar-refractivity contribution in [3.8, 4) is 0 Å². The topological polar surface area (TPSA) is 74.2 Å². The predicted molar refractivity (Wildman–Crippen MR) is 77.9 cm³/mol. The van der Waals surface area contributed by atoms with Crippen LogP contribution in [0.5, 0.6) is 0 Å². The van der Waals surface area contributed by atoms with E-state index in [-0.39, 0.29) is 30.5 Å². The summed E-state index contributed by atoms with van der Waals surface area (Å²) in [6.45, 7) is 0.803. The fraction of sp³-hybridized carbons (Fsp3) is 0.857. The number of rotatable bonds is 2. The first-order valence-electron chi connectivity index (χ1n) is 7.55. The van der Waals surface area contributed by atoms with Gasteiger partial charge in [-0.2, -0.15) is 4.98 Å². The Morgan fingerprint density at radius 2 is 1.80 bits per heavy atom. The molecule has 0 amide bonds. The zero-order valence-corrected chi connectivity index (χ0v) is 12.6. The maximum atomic E-state index is 6.28. The van der Waals surface area contributed by atoms with Gasteiger partial charge in [0.1, 0.15) is 6.10 Å². The maximum Gasteiger partial charge on any atom is 0.231 e. The molecule has 3 rings (SSSR count). The normalized spacial score (nSPS) is 31.4. The van der Waals surface area contributed by atoms with Gasteiger partial charge in [0.2, 0.25) is 11.7 Å². The minimum absolute atomic E-state index is 0. The van der Waals surface area contributed by atoms with Crippen molar-refractivity contribution in [1.29, 1.82) is 0 Å². The fourth-order valence-corrected chi connectivity index (χ4v) is 3.13. The van der Waals surface area contributed by atoms with Gasteiger partial charge in [0.25, 0.3) is 0 Å². The van der Waals surface area contributed by atoms with Crippen LogP contribution in [0.25, 0.3) is 0 Å². The molecule has 1 aromatic heterocycles. The summed E-state index contributed by atoms with van der Waals surface area (Å²) in [4.78, 5) is 4.56. The Hall–Kier alpha value is -0.650. The van der Waals surface area contributed by atoms with Crippen molar-refractivity contribution in [3.05, 3.63) is 11.7 Å². The van der Waals surface area contributed by atoms with Gasteiger partial charge in [-0.15, -0.1) is 12.4 Å². The van der Waals surface area contributed by atoms with Crippen LogP contribution in [0.1, 0.15) is 75.1 Å². The van der Waals surface area contributed by atoms with Gasteiger partial charge >= 0.3 is 0 Å². The van der Waals surface area contributed by atoms with Gasteiger partial charge in [-0.1, -0.05) is 30.8 Å². The first-order valence-corrected chi connectivity index (χ1v) is 7.55. The molecule has 1 saturated heterocycles. The van der Waals surface area contributed by atoms with Crippen molar-refractivity contribution in [2.75, 3.05) is 6.61 Å². The molecular formula is C14H24ClN3O2. The highest BCUT2D eigenvalue weighted by Gasteiger charge is 2.29. The second-order valence-corrected chi connectivity index (χ2v) is 5.75. The van der Waals surface area contributed by atoms with Gasteiger partial charge in [0.05, 0.1) is 5.92 Å². The third-order valence-corrected chi connectivity index (χ3v) is 4.31. The second-order valence-electron chi connectivity index (χ2n) is 5.75. The molecule has 20 heavy (non-hydrogen) atoms. The summed E-state index contributed by atoms with van der Waals surface area (Å²) < 4.78 is 11.1. The highest BCUT2D eigenvalue weighted by atomic mass is 35.5. The second kappa shape index (κ2) is 7.38. The van der Waals surface area contributed by atoms with E-state index >= 15 is 0 Å². The average molecular weight is 302 g/mol. The summed E-state index contributed by atoms with van der Waals surface area (Å²) in [6.07, 6.45) is 9.23. The van der Waals surface area contributed by atoms with Gasteiger partial charge in [0, 0.05) is 12.6 Å². The molecule has 114 valence electrons. The Kier molecular flexibility index (Phi) is 5.81. The van der Waals surface area contributed by atoms with Gasteiger partial charge < -0.3 is 15.0 Å². The minimum Gasteiger partial charge on any atom is -0.370 e. The smallest absolute Gasteiger partial charge is 0.231 e. The van der Waals surface area contributed by atoms with E-state index in [1.807, 2.05) is 0 Å². The number of hydrogen-bond donors (Lipinski definition) is 1. The number of ether oxygens (including phenoxy) is 1. The van der Waals surface area contributed by atoms with Crippen LogP contribution in [0.15, 0.2) is 4.52 Å². The molecule has 2 aliphatic rings. The fourth-order valence-electron chi connectivity index (χ4n) is 3.13. The largest absolute Gasteiger partial charge is 0.370 e. The number of nitrogens with zero attached hydrogens (tertiary/aromatic N) is 2. The van der Waals surface area contributed by atoms with E-state index in [1.165, 1.54) is 25.7 Å². The molecule has 0 bridgehead atoms. The number of nitrogens with two attached hydrogens (primary N) is 1. The highest BCUT2D eigenvalue weighted by Crippen LogP contribution is 2.32. The highest BCUT2D eigenvalue weighted by molar-refractivity contribution is 5.85. The monoisotopic (exact) mass is 301 g/mol. The Labute approximate surface area is 126 Å². The Morgan fingerprint density at radius 3 is 2.55 bits per heavy atom. The quantitative estimate of drug-likeness (QED) is 0.908. The van der Waals surface area contributed by atoms with Crippen LogP contribution in [0.4, 0.5) is 0 Å². The summed E-state index contributed by atoms with van der Waals surface area (Å²) in [7, 11) is 0. The van der Waals surface area contributed by atoms with E-state index < -0.39 is 0 Å². The molecule has 1 saturated carbocycles. The zero-order valence-electron chi connectivity index (χ0n) is 11.8. The van der Waals surface area contributed by atoms with Crippen LogP contribution >= 0.6 is 12.4 Å². The standard InChI is InChI=1S/C14H23N3O2.ClH/c15-11-7-4-2-1-3-6-10(11)14-16-13(17-19-14)12-8-5-9-18-12;/h10-12H,1-9,15H2;1H. The molecule has 0 aromatic carbocycles. The molecular weight excluding hydrogens is 278 g/mol. The van der Waals surface area contributed by atoms with Crippen molar-refractivity contribution in [2.45, 2.75) is 69.4 Å². The lowest BCUT2D eigenvalue weighted by Gasteiger charge is -2.22. The lowest BCUT2D eigenvalue weighted by Crippen LogP contribution is -2.29. The van der Waals surface area contributed by atoms with Crippen LogP contribution in [0.2, 0.25) is 0 Å². The molecule has 5 nitrogen and oxygen atoms in total. The molecule has 2 fully saturated rings. The number of halogens is 1.